The fraction of sp³-hybridized carbons (Fsp3) is 0.316. The first kappa shape index (κ1) is 20.2. The number of nitrogens with one attached hydrogen (secondary N) is 2. The van der Waals surface area contributed by atoms with Crippen LogP contribution in [0, 0.1) is 0 Å². The Bertz CT molecular complexity index is 871. The van der Waals surface area contributed by atoms with Crippen LogP contribution in [0.15, 0.2) is 58.1 Å². The third kappa shape index (κ3) is 4.64. The zero-order chi connectivity index (χ0) is 18.5. The molecule has 3 aromatic rings. The molecule has 0 amide bonds. The number of guanidine groups is 1. The Morgan fingerprint density at radius 3 is 2.61 bits per heavy atom. The highest BCUT2D eigenvalue weighted by atomic mass is 127. The maximum absolute atomic E-state index is 5.32. The summed E-state index contributed by atoms with van der Waals surface area (Å²) in [6, 6.07) is 14.2. The summed E-state index contributed by atoms with van der Waals surface area (Å²) < 4.78 is 5.32. The predicted molar refractivity (Wildman–Crippen MR) is 120 cm³/mol. The molecule has 1 fully saturated rings. The summed E-state index contributed by atoms with van der Waals surface area (Å²) in [5.41, 5.74) is 1.27. The monoisotopic (exact) mass is 493 g/mol. The Hall–Kier alpha value is -2.56. The largest absolute Gasteiger partial charge is 0.461 e. The first-order valence-corrected chi connectivity index (χ1v) is 9.04. The van der Waals surface area contributed by atoms with Crippen LogP contribution in [0.1, 0.15) is 5.82 Å². The summed E-state index contributed by atoms with van der Waals surface area (Å²) in [4.78, 5) is 13.5. The molecular formula is C19H24IN7O. The predicted octanol–water partition coefficient (Wildman–Crippen LogP) is 2.58. The Balaban J connectivity index is 0.00000225. The lowest BCUT2D eigenvalue weighted by Crippen LogP contribution is -2.52. The molecule has 0 aliphatic carbocycles. The van der Waals surface area contributed by atoms with Crippen molar-refractivity contribution in [3.8, 4) is 11.6 Å². The number of halogens is 1. The molecule has 9 heteroatoms. The number of aromatic amines is 1. The van der Waals surface area contributed by atoms with E-state index in [-0.39, 0.29) is 24.0 Å². The van der Waals surface area contributed by atoms with Gasteiger partial charge in [-0.05, 0) is 24.3 Å². The van der Waals surface area contributed by atoms with E-state index >= 15 is 0 Å². The molecule has 28 heavy (non-hydrogen) atoms. The van der Waals surface area contributed by atoms with Crippen molar-refractivity contribution in [2.45, 2.75) is 6.54 Å². The number of para-hydroxylation sites is 1. The van der Waals surface area contributed by atoms with Gasteiger partial charge in [-0.2, -0.15) is 0 Å². The van der Waals surface area contributed by atoms with Gasteiger partial charge in [0.1, 0.15) is 5.82 Å². The Morgan fingerprint density at radius 1 is 1.14 bits per heavy atom. The van der Waals surface area contributed by atoms with Gasteiger partial charge in [-0.3, -0.25) is 10.1 Å². The molecule has 1 aliphatic heterocycles. The van der Waals surface area contributed by atoms with Crippen LogP contribution in [0.2, 0.25) is 0 Å². The van der Waals surface area contributed by atoms with Crippen molar-refractivity contribution in [2.24, 2.45) is 4.99 Å². The number of aliphatic imine (C=N–C) groups is 1. The van der Waals surface area contributed by atoms with Crippen molar-refractivity contribution in [3.05, 3.63) is 54.6 Å². The minimum absolute atomic E-state index is 0. The van der Waals surface area contributed by atoms with Crippen molar-refractivity contribution < 1.29 is 4.42 Å². The van der Waals surface area contributed by atoms with Crippen molar-refractivity contribution in [1.29, 1.82) is 0 Å². The Kier molecular flexibility index (Phi) is 6.90. The van der Waals surface area contributed by atoms with E-state index in [4.69, 9.17) is 4.42 Å². The smallest absolute Gasteiger partial charge is 0.216 e. The number of piperazine rings is 1. The van der Waals surface area contributed by atoms with Crippen molar-refractivity contribution >= 4 is 35.6 Å². The molecule has 0 spiro atoms. The highest BCUT2D eigenvalue weighted by Gasteiger charge is 2.20. The molecule has 1 aromatic carbocycles. The average Bonchev–Trinajstić information content (AvgIpc) is 3.41. The number of aromatic nitrogens is 3. The zero-order valence-corrected chi connectivity index (χ0v) is 18.0. The molecule has 0 saturated carbocycles. The van der Waals surface area contributed by atoms with Crippen LogP contribution in [0.3, 0.4) is 0 Å². The van der Waals surface area contributed by atoms with Gasteiger partial charge >= 0.3 is 0 Å². The molecule has 0 radical (unpaired) electrons. The molecule has 4 rings (SSSR count). The number of rotatable bonds is 4. The van der Waals surface area contributed by atoms with E-state index in [2.05, 4.69) is 59.6 Å². The first-order valence-electron chi connectivity index (χ1n) is 9.04. The lowest BCUT2D eigenvalue weighted by molar-refractivity contribution is 0.372. The summed E-state index contributed by atoms with van der Waals surface area (Å²) in [5.74, 6) is 2.83. The van der Waals surface area contributed by atoms with Crippen molar-refractivity contribution in [2.75, 3.05) is 38.1 Å². The fourth-order valence-corrected chi connectivity index (χ4v) is 3.20. The minimum atomic E-state index is 0. The van der Waals surface area contributed by atoms with Crippen LogP contribution in [0.25, 0.3) is 11.6 Å². The standard InChI is InChI=1S/C19H23N7O.HI/c1-20-19(21-14-17-22-18(24-23-17)16-8-5-13-27-16)26-11-9-25(10-12-26)15-6-3-2-4-7-15;/h2-8,13H,9-12,14H2,1H3,(H,20,21)(H,22,23,24);1H. The number of nitrogens with zero attached hydrogens (tertiary/aromatic N) is 5. The van der Waals surface area contributed by atoms with E-state index in [0.717, 1.165) is 38.0 Å². The normalized spacial score (nSPS) is 14.7. The van der Waals surface area contributed by atoms with Crippen molar-refractivity contribution in [1.82, 2.24) is 25.4 Å². The molecule has 1 saturated heterocycles. The van der Waals surface area contributed by atoms with Gasteiger partial charge in [-0.15, -0.1) is 29.1 Å². The van der Waals surface area contributed by atoms with Gasteiger partial charge < -0.3 is 19.5 Å². The summed E-state index contributed by atoms with van der Waals surface area (Å²) in [7, 11) is 1.81. The highest BCUT2D eigenvalue weighted by Crippen LogP contribution is 2.16. The highest BCUT2D eigenvalue weighted by molar-refractivity contribution is 14.0. The maximum Gasteiger partial charge on any atom is 0.216 e. The second kappa shape index (κ2) is 9.58. The van der Waals surface area contributed by atoms with E-state index < -0.39 is 0 Å². The molecule has 0 unspecified atom stereocenters. The van der Waals surface area contributed by atoms with E-state index in [1.807, 2.05) is 18.2 Å². The zero-order valence-electron chi connectivity index (χ0n) is 15.7. The van der Waals surface area contributed by atoms with Gasteiger partial charge in [0.2, 0.25) is 5.82 Å². The fourth-order valence-electron chi connectivity index (χ4n) is 3.20. The molecule has 2 N–H and O–H groups in total. The Morgan fingerprint density at radius 2 is 1.93 bits per heavy atom. The molecule has 3 heterocycles. The third-order valence-corrected chi connectivity index (χ3v) is 4.60. The SMILES string of the molecule is CN=C(NCc1nc(-c2ccco2)n[nH]1)N1CCN(c2ccccc2)CC1.I. The van der Waals surface area contributed by atoms with Crippen LogP contribution in [-0.4, -0.2) is 59.3 Å². The van der Waals surface area contributed by atoms with E-state index in [9.17, 15) is 0 Å². The number of hydrogen-bond donors (Lipinski definition) is 2. The first-order chi connectivity index (χ1) is 13.3. The van der Waals surface area contributed by atoms with E-state index in [1.54, 1.807) is 13.3 Å². The summed E-state index contributed by atoms with van der Waals surface area (Å²) in [6.45, 7) is 4.30. The number of H-pyrrole nitrogens is 1. The van der Waals surface area contributed by atoms with Crippen molar-refractivity contribution in [3.63, 3.8) is 0 Å². The van der Waals surface area contributed by atoms with Gasteiger partial charge in [0.25, 0.3) is 0 Å². The minimum Gasteiger partial charge on any atom is -0.461 e. The van der Waals surface area contributed by atoms with Crippen LogP contribution in [0.5, 0.6) is 0 Å². The second-order valence-electron chi connectivity index (χ2n) is 6.29. The van der Waals surface area contributed by atoms with E-state index in [0.29, 0.717) is 18.1 Å². The molecule has 8 nitrogen and oxygen atoms in total. The molecule has 0 atom stereocenters. The van der Waals surface area contributed by atoms with Gasteiger partial charge in [0, 0.05) is 38.9 Å². The number of anilines is 1. The molecular weight excluding hydrogens is 469 g/mol. The van der Waals surface area contributed by atoms with Crippen LogP contribution in [-0.2, 0) is 6.54 Å². The number of benzene rings is 1. The summed E-state index contributed by atoms with van der Waals surface area (Å²) >= 11 is 0. The van der Waals surface area contributed by atoms with Gasteiger partial charge in [-0.1, -0.05) is 18.2 Å². The molecule has 2 aromatic heterocycles. The maximum atomic E-state index is 5.32. The Labute approximate surface area is 181 Å². The molecule has 148 valence electrons. The second-order valence-corrected chi connectivity index (χ2v) is 6.29. The summed E-state index contributed by atoms with van der Waals surface area (Å²) in [5, 5.41) is 10.5. The topological polar surface area (TPSA) is 85.6 Å². The van der Waals surface area contributed by atoms with Gasteiger partial charge in [-0.25, -0.2) is 4.98 Å². The lowest BCUT2D eigenvalue weighted by Gasteiger charge is -2.37. The third-order valence-electron chi connectivity index (χ3n) is 4.60. The van der Waals surface area contributed by atoms with Crippen LogP contribution < -0.4 is 10.2 Å². The quantitative estimate of drug-likeness (QED) is 0.330. The average molecular weight is 493 g/mol. The molecule has 1 aliphatic rings. The van der Waals surface area contributed by atoms with Gasteiger partial charge in [0.15, 0.2) is 11.7 Å². The van der Waals surface area contributed by atoms with E-state index in [1.165, 1.54) is 5.69 Å². The van der Waals surface area contributed by atoms with Crippen LogP contribution in [0.4, 0.5) is 5.69 Å². The number of furan rings is 1. The van der Waals surface area contributed by atoms with Gasteiger partial charge in [0.05, 0.1) is 12.8 Å². The number of hydrogen-bond acceptors (Lipinski definition) is 5. The lowest BCUT2D eigenvalue weighted by atomic mass is 10.2. The van der Waals surface area contributed by atoms with Crippen LogP contribution >= 0.6 is 24.0 Å². The molecule has 0 bridgehead atoms. The summed E-state index contributed by atoms with van der Waals surface area (Å²) in [6.07, 6.45) is 1.61.